The molecule has 0 fully saturated rings. The van der Waals surface area contributed by atoms with Crippen LogP contribution in [-0.2, 0) is 11.2 Å². The fourth-order valence-electron chi connectivity index (χ4n) is 2.48. The molecule has 0 radical (unpaired) electrons. The van der Waals surface area contributed by atoms with Crippen LogP contribution in [0.1, 0.15) is 50.3 Å². The lowest BCUT2D eigenvalue weighted by atomic mass is 9.92. The molecule has 2 nitrogen and oxygen atoms in total. The summed E-state index contributed by atoms with van der Waals surface area (Å²) in [6, 6.07) is 1.96. The number of halogens is 1. The molecule has 1 atom stereocenters. The summed E-state index contributed by atoms with van der Waals surface area (Å²) >= 11 is 6.29. The highest BCUT2D eigenvalue weighted by Gasteiger charge is 2.17. The first-order valence-corrected chi connectivity index (χ1v) is 7.65. The fourth-order valence-corrected chi connectivity index (χ4v) is 2.76. The summed E-state index contributed by atoms with van der Waals surface area (Å²) in [6.07, 6.45) is 2.40. The third-order valence-corrected chi connectivity index (χ3v) is 3.82. The summed E-state index contributed by atoms with van der Waals surface area (Å²) in [7, 11) is 0. The molecule has 0 aliphatic carbocycles. The summed E-state index contributed by atoms with van der Waals surface area (Å²) in [5.74, 6) is 1.47. The molecule has 1 rings (SSSR count). The summed E-state index contributed by atoms with van der Waals surface area (Å²) < 4.78 is 5.92. The second kappa shape index (κ2) is 7.68. The van der Waals surface area contributed by atoms with E-state index in [1.807, 2.05) is 19.9 Å². The number of aryl methyl sites for hydroxylation is 1. The van der Waals surface area contributed by atoms with E-state index in [2.05, 4.69) is 13.8 Å². The molecule has 0 saturated heterocycles. The maximum absolute atomic E-state index is 11.3. The highest BCUT2D eigenvalue weighted by atomic mass is 35.5. The van der Waals surface area contributed by atoms with Crippen molar-refractivity contribution < 1.29 is 9.53 Å². The number of carbonyl (C=O) groups is 1. The van der Waals surface area contributed by atoms with Gasteiger partial charge in [0.25, 0.3) is 0 Å². The van der Waals surface area contributed by atoms with Gasteiger partial charge >= 0.3 is 0 Å². The van der Waals surface area contributed by atoms with Gasteiger partial charge in [0.2, 0.25) is 0 Å². The second-order valence-corrected chi connectivity index (χ2v) is 6.08. The van der Waals surface area contributed by atoms with Crippen LogP contribution in [0.3, 0.4) is 0 Å². The van der Waals surface area contributed by atoms with Crippen molar-refractivity contribution in [3.63, 3.8) is 0 Å². The van der Waals surface area contributed by atoms with E-state index in [1.165, 1.54) is 0 Å². The minimum Gasteiger partial charge on any atom is -0.493 e. The number of carbonyl (C=O) groups excluding carboxylic acids is 1. The Morgan fingerprint density at radius 2 is 2.05 bits per heavy atom. The second-order valence-electron chi connectivity index (χ2n) is 5.67. The first kappa shape index (κ1) is 17.0. The summed E-state index contributed by atoms with van der Waals surface area (Å²) in [5.41, 5.74) is 3.29. The quantitative estimate of drug-likeness (QED) is 0.715. The normalized spacial score (nSPS) is 12.3. The Balaban J connectivity index is 3.09. The van der Waals surface area contributed by atoms with Crippen LogP contribution < -0.4 is 4.74 Å². The molecule has 0 spiro atoms. The Bertz CT molecular complexity index is 480. The Labute approximate surface area is 127 Å². The fraction of sp³-hybridized carbons (Fsp3) is 0.588. The van der Waals surface area contributed by atoms with Crippen molar-refractivity contribution in [2.75, 3.05) is 6.61 Å². The zero-order chi connectivity index (χ0) is 15.3. The van der Waals surface area contributed by atoms with Gasteiger partial charge in [-0.05, 0) is 62.3 Å². The van der Waals surface area contributed by atoms with Crippen LogP contribution >= 0.6 is 11.6 Å². The molecule has 0 heterocycles. The molecule has 20 heavy (non-hydrogen) atoms. The molecule has 0 aliphatic rings. The average Bonchev–Trinajstić information content (AvgIpc) is 2.34. The van der Waals surface area contributed by atoms with E-state index >= 15 is 0 Å². The summed E-state index contributed by atoms with van der Waals surface area (Å²) in [6.45, 7) is 10.6. The van der Waals surface area contributed by atoms with Gasteiger partial charge in [0.1, 0.15) is 11.5 Å². The molecule has 0 saturated carbocycles. The lowest BCUT2D eigenvalue weighted by molar-refractivity contribution is -0.117. The third-order valence-electron chi connectivity index (χ3n) is 3.43. The van der Waals surface area contributed by atoms with Crippen molar-refractivity contribution in [3.8, 4) is 5.75 Å². The smallest absolute Gasteiger partial charge is 0.130 e. The van der Waals surface area contributed by atoms with Crippen LogP contribution in [0.5, 0.6) is 5.75 Å². The third kappa shape index (κ3) is 4.52. The number of hydrogen-bond acceptors (Lipinski definition) is 2. The van der Waals surface area contributed by atoms with E-state index in [-0.39, 0.29) is 5.78 Å². The predicted molar refractivity (Wildman–Crippen MR) is 84.9 cm³/mol. The highest BCUT2D eigenvalue weighted by Crippen LogP contribution is 2.34. The number of rotatable bonds is 7. The van der Waals surface area contributed by atoms with Crippen molar-refractivity contribution in [2.24, 2.45) is 5.92 Å². The van der Waals surface area contributed by atoms with Gasteiger partial charge in [0.15, 0.2) is 0 Å². The largest absolute Gasteiger partial charge is 0.493 e. The highest BCUT2D eigenvalue weighted by molar-refractivity contribution is 6.31. The number of hydrogen-bond donors (Lipinski definition) is 0. The van der Waals surface area contributed by atoms with E-state index in [0.29, 0.717) is 18.9 Å². The monoisotopic (exact) mass is 296 g/mol. The minimum atomic E-state index is 0.227. The molecular weight excluding hydrogens is 272 g/mol. The topological polar surface area (TPSA) is 26.3 Å². The molecule has 112 valence electrons. The Morgan fingerprint density at radius 3 is 2.60 bits per heavy atom. The van der Waals surface area contributed by atoms with Gasteiger partial charge in [-0.1, -0.05) is 25.4 Å². The van der Waals surface area contributed by atoms with Gasteiger partial charge in [0.05, 0.1) is 6.61 Å². The van der Waals surface area contributed by atoms with Gasteiger partial charge in [-0.3, -0.25) is 0 Å². The first-order chi connectivity index (χ1) is 9.36. The predicted octanol–water partition coefficient (Wildman–Crippen LogP) is 4.90. The van der Waals surface area contributed by atoms with Crippen molar-refractivity contribution in [1.82, 2.24) is 0 Å². The lowest BCUT2D eigenvalue weighted by Gasteiger charge is -2.20. The molecule has 1 aromatic rings. The van der Waals surface area contributed by atoms with Crippen molar-refractivity contribution >= 4 is 17.4 Å². The number of ether oxygens (including phenoxy) is 1. The van der Waals surface area contributed by atoms with E-state index < -0.39 is 0 Å². The van der Waals surface area contributed by atoms with Crippen LogP contribution in [0.15, 0.2) is 6.07 Å². The SMILES string of the molecule is CCCOc1c(C)cc(Cl)c(C)c1CC(C)CC(C)=O. The van der Waals surface area contributed by atoms with Gasteiger partial charge < -0.3 is 9.53 Å². The van der Waals surface area contributed by atoms with Crippen molar-refractivity contribution in [3.05, 3.63) is 27.8 Å². The van der Waals surface area contributed by atoms with E-state index in [0.717, 1.165) is 40.3 Å². The van der Waals surface area contributed by atoms with Crippen LogP contribution in [-0.4, -0.2) is 12.4 Å². The maximum Gasteiger partial charge on any atom is 0.130 e. The van der Waals surface area contributed by atoms with Gasteiger partial charge in [-0.2, -0.15) is 0 Å². The van der Waals surface area contributed by atoms with Gasteiger partial charge in [-0.25, -0.2) is 0 Å². The summed E-state index contributed by atoms with van der Waals surface area (Å²) in [5, 5.41) is 0.774. The minimum absolute atomic E-state index is 0.227. The van der Waals surface area contributed by atoms with Crippen LogP contribution in [0.4, 0.5) is 0 Å². The standard InChI is InChI=1S/C17H25ClO2/c1-6-7-20-17-12(3)10-16(18)14(5)15(17)9-11(2)8-13(4)19/h10-11H,6-9H2,1-5H3. The molecule has 0 aliphatic heterocycles. The molecule has 1 unspecified atom stereocenters. The van der Waals surface area contributed by atoms with Gasteiger partial charge in [0, 0.05) is 11.4 Å². The number of Topliss-reactive ketones (excluding diaryl/α,β-unsaturated/α-hetero) is 1. The summed E-state index contributed by atoms with van der Waals surface area (Å²) in [4.78, 5) is 11.3. The molecule has 0 bridgehead atoms. The zero-order valence-electron chi connectivity index (χ0n) is 13.2. The van der Waals surface area contributed by atoms with Gasteiger partial charge in [-0.15, -0.1) is 0 Å². The van der Waals surface area contributed by atoms with Crippen LogP contribution in [0.2, 0.25) is 5.02 Å². The maximum atomic E-state index is 11.3. The molecule has 1 aromatic carbocycles. The van der Waals surface area contributed by atoms with Crippen molar-refractivity contribution in [2.45, 2.75) is 53.9 Å². The Hall–Kier alpha value is -1.02. The van der Waals surface area contributed by atoms with E-state index in [4.69, 9.17) is 16.3 Å². The van der Waals surface area contributed by atoms with E-state index in [1.54, 1.807) is 6.92 Å². The Morgan fingerprint density at radius 1 is 1.40 bits per heavy atom. The molecule has 0 amide bonds. The Kier molecular flexibility index (Phi) is 6.54. The lowest BCUT2D eigenvalue weighted by Crippen LogP contribution is -2.10. The van der Waals surface area contributed by atoms with Crippen LogP contribution in [0.25, 0.3) is 0 Å². The number of ketones is 1. The van der Waals surface area contributed by atoms with E-state index in [9.17, 15) is 4.79 Å². The molecule has 0 N–H and O–H groups in total. The molecule has 3 heteroatoms. The zero-order valence-corrected chi connectivity index (χ0v) is 13.9. The van der Waals surface area contributed by atoms with Crippen molar-refractivity contribution in [1.29, 1.82) is 0 Å². The molecular formula is C17H25ClO2. The number of benzene rings is 1. The van der Waals surface area contributed by atoms with Crippen LogP contribution in [0, 0.1) is 19.8 Å². The average molecular weight is 297 g/mol. The first-order valence-electron chi connectivity index (χ1n) is 7.27. The molecule has 0 aromatic heterocycles.